The number of alkyl halides is 3. The van der Waals surface area contributed by atoms with Crippen molar-refractivity contribution in [2.24, 2.45) is 0 Å². The smallest absolute Gasteiger partial charge is 0.309 e. The van der Waals surface area contributed by atoms with E-state index in [4.69, 9.17) is 0 Å². The number of aromatic nitrogens is 4. The Labute approximate surface area is 388 Å². The third-order valence-electron chi connectivity index (χ3n) is 12.9. The van der Waals surface area contributed by atoms with Crippen LogP contribution < -0.4 is 0 Å². The summed E-state index contributed by atoms with van der Waals surface area (Å²) < 4.78 is 51.3. The second-order valence-corrected chi connectivity index (χ2v) is 16.8. The van der Waals surface area contributed by atoms with Crippen molar-refractivity contribution >= 4 is 43.6 Å². The van der Waals surface area contributed by atoms with Gasteiger partial charge in [0.25, 0.3) is 0 Å². The summed E-state index contributed by atoms with van der Waals surface area (Å²) in [5, 5.41) is 13.8. The maximum absolute atomic E-state index is 15.8. The normalized spacial score (nSPS) is 11.7. The lowest BCUT2D eigenvalue weighted by atomic mass is 9.96. The molecule has 0 saturated carbocycles. The summed E-state index contributed by atoms with van der Waals surface area (Å²) in [6.07, 6.45) is -1.17. The number of rotatable bonds is 7. The van der Waals surface area contributed by atoms with Crippen LogP contribution in [-0.4, -0.2) is 19.1 Å². The van der Waals surface area contributed by atoms with Gasteiger partial charge in [0.1, 0.15) is 0 Å². The number of hydrogen-bond acceptors (Lipinski definition) is 3. The van der Waals surface area contributed by atoms with E-state index in [1.54, 1.807) is 30.6 Å². The largest absolute Gasteiger partial charge is 0.416 e. The van der Waals surface area contributed by atoms with Crippen LogP contribution in [0.2, 0.25) is 0 Å². The van der Waals surface area contributed by atoms with Gasteiger partial charge in [0, 0.05) is 50.6 Å². The molecule has 0 radical (unpaired) electrons. The molecule has 0 amide bonds. The first-order valence-electron chi connectivity index (χ1n) is 22.2. The SMILES string of the molecule is N#Cc1cccc(-c2c(-n3c4ccccc4c4ccc(-c5ccnc(-c6ccccc6)c5)cc43)cc(C(F)(F)F)cc2-n2c3ccccc3c3ccc(-c4ccnc(-c5ccccc5)c4)cc32)c1. The lowest BCUT2D eigenvalue weighted by Crippen LogP contribution is -2.11. The van der Waals surface area contributed by atoms with Gasteiger partial charge in [0.05, 0.1) is 62.0 Å². The van der Waals surface area contributed by atoms with Crippen molar-refractivity contribution in [2.75, 3.05) is 0 Å². The maximum Gasteiger partial charge on any atom is 0.416 e. The van der Waals surface area contributed by atoms with Crippen LogP contribution in [-0.2, 0) is 6.18 Å². The van der Waals surface area contributed by atoms with Gasteiger partial charge in [-0.2, -0.15) is 18.4 Å². The molecule has 0 fully saturated rings. The molecule has 0 atom stereocenters. The number of pyridine rings is 2. The van der Waals surface area contributed by atoms with Crippen molar-refractivity contribution in [1.82, 2.24) is 19.1 Å². The lowest BCUT2D eigenvalue weighted by Gasteiger charge is -2.23. The summed E-state index contributed by atoms with van der Waals surface area (Å²) in [4.78, 5) is 9.33. The molecule has 12 aromatic rings. The molecule has 4 heterocycles. The van der Waals surface area contributed by atoms with E-state index in [1.165, 1.54) is 12.1 Å². The van der Waals surface area contributed by atoms with E-state index in [0.29, 0.717) is 28.1 Å². The molecule has 0 aliphatic heterocycles. The molecule has 68 heavy (non-hydrogen) atoms. The first-order chi connectivity index (χ1) is 33.3. The van der Waals surface area contributed by atoms with Gasteiger partial charge < -0.3 is 9.13 Å². The second-order valence-electron chi connectivity index (χ2n) is 16.8. The van der Waals surface area contributed by atoms with Crippen molar-refractivity contribution in [3.8, 4) is 73.3 Å². The molecule has 322 valence electrons. The Hall–Kier alpha value is -9.06. The van der Waals surface area contributed by atoms with Crippen LogP contribution in [0.25, 0.3) is 111 Å². The van der Waals surface area contributed by atoms with E-state index in [-0.39, 0.29) is 0 Å². The van der Waals surface area contributed by atoms with Crippen LogP contribution in [0.4, 0.5) is 13.2 Å². The summed E-state index contributed by atoms with van der Waals surface area (Å²) in [7, 11) is 0. The fourth-order valence-corrected chi connectivity index (χ4v) is 9.74. The Balaban J connectivity index is 1.18. The zero-order chi connectivity index (χ0) is 45.9. The van der Waals surface area contributed by atoms with Crippen LogP contribution in [0.15, 0.2) is 219 Å². The van der Waals surface area contributed by atoms with E-state index in [2.05, 4.69) is 40.3 Å². The quantitative estimate of drug-likeness (QED) is 0.160. The zero-order valence-corrected chi connectivity index (χ0v) is 36.2. The van der Waals surface area contributed by atoms with E-state index >= 15 is 13.2 Å². The molecule has 12 rings (SSSR count). The molecule has 0 saturated heterocycles. The molecular weight excluding hydrogens is 848 g/mol. The van der Waals surface area contributed by atoms with Crippen LogP contribution in [0.3, 0.4) is 0 Å². The predicted octanol–water partition coefficient (Wildman–Crippen LogP) is 15.9. The van der Waals surface area contributed by atoms with Gasteiger partial charge >= 0.3 is 6.18 Å². The molecule has 0 N–H and O–H groups in total. The minimum absolute atomic E-state index is 0.316. The third-order valence-corrected chi connectivity index (χ3v) is 12.9. The van der Waals surface area contributed by atoms with Gasteiger partial charge in [0.15, 0.2) is 0 Å². The Morgan fingerprint density at radius 1 is 0.382 bits per heavy atom. The highest BCUT2D eigenvalue weighted by Crippen LogP contribution is 2.46. The maximum atomic E-state index is 15.8. The number of benzene rings is 8. The molecule has 0 bridgehead atoms. The summed E-state index contributed by atoms with van der Waals surface area (Å²) in [6, 6.07) is 67.8. The minimum atomic E-state index is -4.74. The first kappa shape index (κ1) is 40.4. The standard InChI is InChI=1S/C60H36F3N5/c61-60(62,63)46-35-57(67-53-20-9-7-18-47(53)49-24-22-41(33-55(49)67)43-26-28-65-51(31-43)39-13-3-1-4-14-39)59(45-17-11-12-38(30-45)37-64)58(36-46)68-54-21-10-8-19-48(54)50-25-23-42(34-56(50)68)44-27-29-66-52(32-44)40-15-5-2-6-16-40/h1-36H. The summed E-state index contributed by atoms with van der Waals surface area (Å²) in [6.45, 7) is 0. The number of halogens is 3. The van der Waals surface area contributed by atoms with Gasteiger partial charge in [-0.1, -0.05) is 133 Å². The second kappa shape index (κ2) is 16.1. The molecule has 0 aliphatic carbocycles. The topological polar surface area (TPSA) is 59.4 Å². The van der Waals surface area contributed by atoms with Crippen molar-refractivity contribution in [3.63, 3.8) is 0 Å². The van der Waals surface area contributed by atoms with Gasteiger partial charge in [-0.05, 0) is 101 Å². The average Bonchev–Trinajstić information content (AvgIpc) is 3.90. The number of nitriles is 1. The summed E-state index contributed by atoms with van der Waals surface area (Å²) in [5.74, 6) is 0. The Bertz CT molecular complexity index is 3750. The van der Waals surface area contributed by atoms with Crippen LogP contribution in [0.1, 0.15) is 11.1 Å². The van der Waals surface area contributed by atoms with Crippen LogP contribution >= 0.6 is 0 Å². The predicted molar refractivity (Wildman–Crippen MR) is 268 cm³/mol. The zero-order valence-electron chi connectivity index (χ0n) is 36.2. The van der Waals surface area contributed by atoms with Crippen molar-refractivity contribution in [3.05, 3.63) is 230 Å². The minimum Gasteiger partial charge on any atom is -0.309 e. The fourth-order valence-electron chi connectivity index (χ4n) is 9.74. The summed E-state index contributed by atoms with van der Waals surface area (Å²) in [5.41, 5.74) is 11.4. The van der Waals surface area contributed by atoms with Crippen LogP contribution in [0, 0.1) is 11.3 Å². The van der Waals surface area contributed by atoms with E-state index in [0.717, 1.165) is 88.4 Å². The molecule has 0 aliphatic rings. The van der Waals surface area contributed by atoms with Crippen molar-refractivity contribution in [2.45, 2.75) is 6.18 Å². The fraction of sp³-hybridized carbons (Fsp3) is 0.0167. The number of hydrogen-bond donors (Lipinski definition) is 0. The molecule has 5 nitrogen and oxygen atoms in total. The van der Waals surface area contributed by atoms with Crippen molar-refractivity contribution < 1.29 is 13.2 Å². The monoisotopic (exact) mass is 883 g/mol. The number of nitrogens with zero attached hydrogens (tertiary/aromatic N) is 5. The van der Waals surface area contributed by atoms with E-state index in [1.807, 2.05) is 161 Å². The highest BCUT2D eigenvalue weighted by molar-refractivity contribution is 6.13. The number of para-hydroxylation sites is 2. The third kappa shape index (κ3) is 6.88. The van der Waals surface area contributed by atoms with Crippen molar-refractivity contribution in [1.29, 1.82) is 5.26 Å². The molecule has 8 aromatic carbocycles. The van der Waals surface area contributed by atoms with Gasteiger partial charge in [-0.15, -0.1) is 0 Å². The van der Waals surface area contributed by atoms with Gasteiger partial charge in [0.2, 0.25) is 0 Å². The molecule has 0 spiro atoms. The van der Waals surface area contributed by atoms with E-state index < -0.39 is 11.7 Å². The molecule has 4 aromatic heterocycles. The summed E-state index contributed by atoms with van der Waals surface area (Å²) >= 11 is 0. The van der Waals surface area contributed by atoms with Gasteiger partial charge in [-0.25, -0.2) is 0 Å². The highest BCUT2D eigenvalue weighted by atomic mass is 19.4. The Morgan fingerprint density at radius 2 is 0.824 bits per heavy atom. The first-order valence-corrected chi connectivity index (χ1v) is 22.2. The number of fused-ring (bicyclic) bond motifs is 6. The van der Waals surface area contributed by atoms with Gasteiger partial charge in [-0.3, -0.25) is 9.97 Å². The van der Waals surface area contributed by atoms with E-state index in [9.17, 15) is 5.26 Å². The Morgan fingerprint density at radius 3 is 1.31 bits per heavy atom. The molecule has 0 unspecified atom stereocenters. The highest BCUT2D eigenvalue weighted by Gasteiger charge is 2.34. The molecule has 8 heteroatoms. The lowest BCUT2D eigenvalue weighted by molar-refractivity contribution is -0.137. The van der Waals surface area contributed by atoms with Crippen LogP contribution in [0.5, 0.6) is 0 Å². The Kier molecular flexibility index (Phi) is 9.59. The average molecular weight is 884 g/mol. The molecular formula is C60H36F3N5.